The van der Waals surface area contributed by atoms with Crippen LogP contribution in [0.5, 0.6) is 5.75 Å². The van der Waals surface area contributed by atoms with E-state index in [4.69, 9.17) is 5.73 Å². The minimum atomic E-state index is -0.678. The van der Waals surface area contributed by atoms with Crippen molar-refractivity contribution in [2.45, 2.75) is 30.8 Å². The zero-order chi connectivity index (χ0) is 17.6. The van der Waals surface area contributed by atoms with E-state index in [1.807, 2.05) is 17.0 Å². The third-order valence-electron chi connectivity index (χ3n) is 6.03. The Kier molecular flexibility index (Phi) is 4.03. The predicted octanol–water partition coefficient (Wildman–Crippen LogP) is 0.449. The van der Waals surface area contributed by atoms with Crippen molar-refractivity contribution in [3.63, 3.8) is 0 Å². The van der Waals surface area contributed by atoms with Crippen LogP contribution >= 0.6 is 0 Å². The van der Waals surface area contributed by atoms with Crippen LogP contribution in [0, 0.1) is 5.92 Å². The average Bonchev–Trinajstić information content (AvgIpc) is 3.03. The van der Waals surface area contributed by atoms with Crippen LogP contribution in [0.4, 0.5) is 4.79 Å². The molecule has 4 N–H and O–H groups in total. The normalized spacial score (nSPS) is 33.1. The van der Waals surface area contributed by atoms with Gasteiger partial charge in [0.25, 0.3) is 0 Å². The second-order valence-corrected chi connectivity index (χ2v) is 7.32. The Hall–Kier alpha value is -2.28. The highest BCUT2D eigenvalue weighted by atomic mass is 16.3. The monoisotopic (exact) mass is 344 g/mol. The van der Waals surface area contributed by atoms with E-state index in [0.29, 0.717) is 12.5 Å². The van der Waals surface area contributed by atoms with E-state index < -0.39 is 6.03 Å². The van der Waals surface area contributed by atoms with Crippen molar-refractivity contribution < 1.29 is 14.7 Å². The first-order chi connectivity index (χ1) is 12.0. The van der Waals surface area contributed by atoms with Crippen LogP contribution in [0.1, 0.15) is 24.3 Å². The maximum atomic E-state index is 12.7. The van der Waals surface area contributed by atoms with Crippen LogP contribution in [0.2, 0.25) is 0 Å². The molecule has 4 saturated heterocycles. The van der Waals surface area contributed by atoms with Crippen molar-refractivity contribution >= 4 is 11.9 Å². The van der Waals surface area contributed by atoms with Gasteiger partial charge in [0.15, 0.2) is 0 Å². The smallest absolute Gasteiger partial charge is 0.312 e. The molecule has 1 aromatic rings. The molecule has 0 aliphatic carbocycles. The lowest BCUT2D eigenvalue weighted by molar-refractivity contribution is -0.134. The molecule has 7 heteroatoms. The minimum Gasteiger partial charge on any atom is -0.508 e. The van der Waals surface area contributed by atoms with Crippen LogP contribution in [0.25, 0.3) is 0 Å². The third kappa shape index (κ3) is 2.82. The highest BCUT2D eigenvalue weighted by Gasteiger charge is 2.54. The molecule has 25 heavy (non-hydrogen) atoms. The molecule has 0 saturated carbocycles. The van der Waals surface area contributed by atoms with E-state index in [9.17, 15) is 14.7 Å². The highest BCUT2D eigenvalue weighted by Crippen LogP contribution is 2.46. The first-order valence-electron chi connectivity index (χ1n) is 8.90. The molecule has 0 spiro atoms. The van der Waals surface area contributed by atoms with E-state index in [2.05, 4.69) is 10.2 Å². The molecule has 4 heterocycles. The number of phenolic OH excluding ortho intramolecular Hbond substituents is 1. The number of hydrogen-bond donors (Lipinski definition) is 3. The number of nitrogens with one attached hydrogen (secondary N) is 1. The Balaban J connectivity index is 1.63. The van der Waals surface area contributed by atoms with Gasteiger partial charge in [0.05, 0.1) is 12.6 Å². The van der Waals surface area contributed by atoms with Gasteiger partial charge in [0.2, 0.25) is 5.91 Å². The average molecular weight is 344 g/mol. The molecule has 1 aromatic carbocycles. The van der Waals surface area contributed by atoms with Crippen LogP contribution in [-0.4, -0.2) is 65.1 Å². The molecule has 7 nitrogen and oxygen atoms in total. The Morgan fingerprint density at radius 1 is 1.24 bits per heavy atom. The molecule has 2 bridgehead atoms. The van der Waals surface area contributed by atoms with Crippen molar-refractivity contribution in [2.75, 3.05) is 26.2 Å². The summed E-state index contributed by atoms with van der Waals surface area (Å²) in [7, 11) is 0. The number of likely N-dealkylation sites (tertiary alicyclic amines) is 1. The summed E-state index contributed by atoms with van der Waals surface area (Å²) >= 11 is 0. The fourth-order valence-corrected chi connectivity index (χ4v) is 5.02. The number of nitrogens with two attached hydrogens (primary N) is 1. The standard InChI is InChI=1S/C18H24N4O3/c19-18(25)20-9-15(24)22-10-14(12-2-1-3-13(23)8-12)17-16(22)11-4-6-21(17)7-5-11/h1-3,8,11,14,16-17,23H,4-7,9-10H2,(H3,19,20,25)/t14-,16+,17+/m1/s1. The number of benzene rings is 1. The number of fused-ring (bicyclic) bond motifs is 2. The molecule has 134 valence electrons. The van der Waals surface area contributed by atoms with E-state index in [1.165, 1.54) is 0 Å². The SMILES string of the molecule is NC(=O)NCC(=O)N1C[C@H](c2cccc(O)c2)[C@H]2[C@@H]1C1CCN2CC1. The Morgan fingerprint density at radius 2 is 2.00 bits per heavy atom. The van der Waals surface area contributed by atoms with Gasteiger partial charge in [0, 0.05) is 18.5 Å². The molecule has 0 unspecified atom stereocenters. The van der Waals surface area contributed by atoms with Gasteiger partial charge in [-0.2, -0.15) is 0 Å². The Bertz CT molecular complexity index is 687. The van der Waals surface area contributed by atoms with Gasteiger partial charge < -0.3 is 21.1 Å². The topological polar surface area (TPSA) is 98.9 Å². The fourth-order valence-electron chi connectivity index (χ4n) is 5.02. The molecule has 0 radical (unpaired) electrons. The predicted molar refractivity (Wildman–Crippen MR) is 92.0 cm³/mol. The fraction of sp³-hybridized carbons (Fsp3) is 0.556. The molecule has 3 amide bonds. The van der Waals surface area contributed by atoms with Crippen LogP contribution in [0.3, 0.4) is 0 Å². The maximum Gasteiger partial charge on any atom is 0.312 e. The molecule has 4 aliphatic heterocycles. The summed E-state index contributed by atoms with van der Waals surface area (Å²) in [6.45, 7) is 2.70. The lowest BCUT2D eigenvalue weighted by Gasteiger charge is -2.51. The lowest BCUT2D eigenvalue weighted by atomic mass is 9.75. The van der Waals surface area contributed by atoms with Crippen molar-refractivity contribution in [3.05, 3.63) is 29.8 Å². The van der Waals surface area contributed by atoms with Gasteiger partial charge in [-0.1, -0.05) is 12.1 Å². The summed E-state index contributed by atoms with van der Waals surface area (Å²) in [5.74, 6) is 0.864. The molecule has 0 aromatic heterocycles. The number of rotatable bonds is 3. The lowest BCUT2D eigenvalue weighted by Crippen LogP contribution is -2.61. The van der Waals surface area contributed by atoms with Crippen molar-refractivity contribution in [1.82, 2.24) is 15.1 Å². The number of carbonyl (C=O) groups is 2. The van der Waals surface area contributed by atoms with E-state index in [1.54, 1.807) is 12.1 Å². The summed E-state index contributed by atoms with van der Waals surface area (Å²) in [4.78, 5) is 28.1. The molecular formula is C18H24N4O3. The first kappa shape index (κ1) is 16.2. The first-order valence-corrected chi connectivity index (χ1v) is 8.90. The highest BCUT2D eigenvalue weighted by molar-refractivity contribution is 5.84. The Labute approximate surface area is 146 Å². The van der Waals surface area contributed by atoms with Crippen molar-refractivity contribution in [1.29, 1.82) is 0 Å². The molecule has 5 rings (SSSR count). The van der Waals surface area contributed by atoms with E-state index >= 15 is 0 Å². The summed E-state index contributed by atoms with van der Waals surface area (Å²) in [5, 5.41) is 12.3. The summed E-state index contributed by atoms with van der Waals surface area (Å²) in [6.07, 6.45) is 2.22. The molecule has 4 aliphatic rings. The number of hydrogen-bond acceptors (Lipinski definition) is 4. The van der Waals surface area contributed by atoms with Gasteiger partial charge in [-0.05, 0) is 49.5 Å². The summed E-state index contributed by atoms with van der Waals surface area (Å²) < 4.78 is 0. The van der Waals surface area contributed by atoms with Crippen LogP contribution < -0.4 is 11.1 Å². The van der Waals surface area contributed by atoms with Crippen molar-refractivity contribution in [2.24, 2.45) is 11.7 Å². The second kappa shape index (κ2) is 6.22. The van der Waals surface area contributed by atoms with Crippen LogP contribution in [0.15, 0.2) is 24.3 Å². The summed E-state index contributed by atoms with van der Waals surface area (Å²) in [6, 6.07) is 7.14. The zero-order valence-electron chi connectivity index (χ0n) is 14.1. The van der Waals surface area contributed by atoms with Gasteiger partial charge in [-0.15, -0.1) is 0 Å². The number of amides is 3. The van der Waals surface area contributed by atoms with E-state index in [-0.39, 0.29) is 36.2 Å². The van der Waals surface area contributed by atoms with Crippen LogP contribution in [-0.2, 0) is 4.79 Å². The number of aromatic hydroxyl groups is 1. The third-order valence-corrected chi connectivity index (χ3v) is 6.03. The van der Waals surface area contributed by atoms with E-state index in [0.717, 1.165) is 31.5 Å². The van der Waals surface area contributed by atoms with Gasteiger partial charge >= 0.3 is 6.03 Å². The summed E-state index contributed by atoms with van der Waals surface area (Å²) in [5.41, 5.74) is 6.18. The Morgan fingerprint density at radius 3 is 2.68 bits per heavy atom. The van der Waals surface area contributed by atoms with Gasteiger partial charge in [0.1, 0.15) is 5.75 Å². The van der Waals surface area contributed by atoms with Gasteiger partial charge in [-0.25, -0.2) is 4.79 Å². The number of phenols is 1. The quantitative estimate of drug-likeness (QED) is 0.741. The second-order valence-electron chi connectivity index (χ2n) is 7.32. The number of nitrogens with zero attached hydrogens (tertiary/aromatic N) is 2. The largest absolute Gasteiger partial charge is 0.508 e. The van der Waals surface area contributed by atoms with Gasteiger partial charge in [-0.3, -0.25) is 9.69 Å². The number of carbonyl (C=O) groups excluding carboxylic acids is 2. The minimum absolute atomic E-state index is 0.0575. The maximum absolute atomic E-state index is 12.7. The molecular weight excluding hydrogens is 320 g/mol. The molecule has 3 atom stereocenters. The molecule has 4 fully saturated rings. The number of piperidine rings is 3. The zero-order valence-corrected chi connectivity index (χ0v) is 14.1. The number of urea groups is 1. The number of primary amides is 1. The van der Waals surface area contributed by atoms with Crippen molar-refractivity contribution in [3.8, 4) is 5.75 Å².